The third kappa shape index (κ3) is 2.79. The highest BCUT2D eigenvalue weighted by Gasteiger charge is 2.33. The van der Waals surface area contributed by atoms with E-state index >= 15 is 0 Å². The van der Waals surface area contributed by atoms with Crippen LogP contribution in [0.5, 0.6) is 0 Å². The van der Waals surface area contributed by atoms with Crippen molar-refractivity contribution in [3.63, 3.8) is 0 Å². The standard InChI is InChI=1S/C30H23NS/c1-2-6-19(7-3-1)20-10-12-21(13-11-20)22-14-15-25-27(18-22)31-26-17-16-24-23-8-4-5-9-28(23)32-30(24)29(25)26/h1-13,16-18,23,28,31H,14-15H2. The van der Waals surface area contributed by atoms with Crippen LogP contribution in [0.15, 0.2) is 95.9 Å². The summed E-state index contributed by atoms with van der Waals surface area (Å²) in [5, 5.41) is 2.01. The molecule has 2 heteroatoms. The van der Waals surface area contributed by atoms with Crippen LogP contribution in [-0.2, 0) is 6.42 Å². The van der Waals surface area contributed by atoms with Gasteiger partial charge in [0.1, 0.15) is 0 Å². The van der Waals surface area contributed by atoms with Gasteiger partial charge in [0.25, 0.3) is 0 Å². The Morgan fingerprint density at radius 2 is 1.53 bits per heavy atom. The maximum Gasteiger partial charge on any atom is 0.0473 e. The molecule has 154 valence electrons. The predicted octanol–water partition coefficient (Wildman–Crippen LogP) is 8.01. The molecule has 0 saturated carbocycles. The quantitative estimate of drug-likeness (QED) is 0.341. The van der Waals surface area contributed by atoms with Gasteiger partial charge in [-0.1, -0.05) is 85.0 Å². The Balaban J connectivity index is 1.27. The van der Waals surface area contributed by atoms with Crippen molar-refractivity contribution in [2.45, 2.75) is 28.9 Å². The van der Waals surface area contributed by atoms with Crippen LogP contribution < -0.4 is 0 Å². The average Bonchev–Trinajstić information content (AvgIpc) is 3.42. The number of nitrogens with one attached hydrogen (secondary N) is 1. The Hall–Kier alpha value is -3.23. The molecule has 1 aliphatic heterocycles. The molecule has 0 bridgehead atoms. The van der Waals surface area contributed by atoms with E-state index in [1.54, 1.807) is 0 Å². The van der Waals surface area contributed by atoms with Gasteiger partial charge in [0.05, 0.1) is 0 Å². The number of hydrogen-bond donors (Lipinski definition) is 1. The molecule has 0 saturated heterocycles. The molecule has 32 heavy (non-hydrogen) atoms. The van der Waals surface area contributed by atoms with Crippen molar-refractivity contribution in [1.29, 1.82) is 0 Å². The first-order valence-electron chi connectivity index (χ1n) is 11.4. The van der Waals surface area contributed by atoms with Crippen LogP contribution >= 0.6 is 11.8 Å². The molecule has 3 aliphatic rings. The molecule has 2 unspecified atom stereocenters. The Bertz CT molecular complexity index is 1430. The van der Waals surface area contributed by atoms with Gasteiger partial charge in [-0.3, -0.25) is 0 Å². The van der Waals surface area contributed by atoms with Crippen LogP contribution in [0, 0.1) is 0 Å². The van der Waals surface area contributed by atoms with E-state index in [1.807, 2.05) is 11.8 Å². The zero-order valence-corrected chi connectivity index (χ0v) is 18.5. The van der Waals surface area contributed by atoms with Crippen LogP contribution in [0.3, 0.4) is 0 Å². The molecule has 0 radical (unpaired) electrons. The molecular weight excluding hydrogens is 406 g/mol. The van der Waals surface area contributed by atoms with Gasteiger partial charge in [-0.25, -0.2) is 0 Å². The zero-order chi connectivity index (χ0) is 21.1. The minimum Gasteiger partial charge on any atom is -0.355 e. The SMILES string of the molecule is C1=CC2Sc3c(ccc4[nH]c5c(c34)CCC(c3ccc(-c4ccccc4)cc3)=C5)C2C=C1. The lowest BCUT2D eigenvalue weighted by molar-refractivity contribution is 0.883. The first-order chi connectivity index (χ1) is 15.8. The molecule has 7 rings (SSSR count). The van der Waals surface area contributed by atoms with E-state index in [0.29, 0.717) is 11.2 Å². The van der Waals surface area contributed by atoms with E-state index in [2.05, 4.69) is 102 Å². The largest absolute Gasteiger partial charge is 0.355 e. The topological polar surface area (TPSA) is 15.8 Å². The van der Waals surface area contributed by atoms with Gasteiger partial charge in [-0.15, -0.1) is 11.8 Å². The van der Waals surface area contributed by atoms with Gasteiger partial charge in [0.2, 0.25) is 0 Å². The van der Waals surface area contributed by atoms with E-state index < -0.39 is 0 Å². The molecule has 2 aliphatic carbocycles. The minimum absolute atomic E-state index is 0.521. The van der Waals surface area contributed by atoms with Crippen molar-refractivity contribution >= 4 is 34.3 Å². The smallest absolute Gasteiger partial charge is 0.0473 e. The fourth-order valence-corrected chi connectivity index (χ4v) is 7.00. The number of aryl methyl sites for hydroxylation is 1. The van der Waals surface area contributed by atoms with E-state index in [0.717, 1.165) is 12.8 Å². The maximum atomic E-state index is 3.74. The molecule has 0 fully saturated rings. The summed E-state index contributed by atoms with van der Waals surface area (Å²) < 4.78 is 0. The molecular formula is C30H23NS. The van der Waals surface area contributed by atoms with Crippen molar-refractivity contribution in [2.75, 3.05) is 0 Å². The molecule has 3 aromatic carbocycles. The Kier molecular flexibility index (Phi) is 4.10. The summed E-state index contributed by atoms with van der Waals surface area (Å²) >= 11 is 2.04. The van der Waals surface area contributed by atoms with Crippen molar-refractivity contribution < 1.29 is 0 Å². The van der Waals surface area contributed by atoms with Gasteiger partial charge in [-0.2, -0.15) is 0 Å². The fourth-order valence-electron chi connectivity index (χ4n) is 5.49. The molecule has 0 spiro atoms. The van der Waals surface area contributed by atoms with Crippen molar-refractivity contribution in [3.05, 3.63) is 113 Å². The molecule has 4 aromatic rings. The van der Waals surface area contributed by atoms with E-state index in [4.69, 9.17) is 0 Å². The average molecular weight is 430 g/mol. The Morgan fingerprint density at radius 3 is 2.41 bits per heavy atom. The number of aromatic nitrogens is 1. The second kappa shape index (κ2) is 7.15. The number of thioether (sulfide) groups is 1. The van der Waals surface area contributed by atoms with Gasteiger partial charge in [0.15, 0.2) is 0 Å². The molecule has 2 atom stereocenters. The summed E-state index contributed by atoms with van der Waals surface area (Å²) in [6, 6.07) is 24.3. The summed E-state index contributed by atoms with van der Waals surface area (Å²) in [5.74, 6) is 0.521. The molecule has 1 nitrogen and oxygen atoms in total. The van der Waals surface area contributed by atoms with Gasteiger partial charge in [-0.05, 0) is 58.4 Å². The first-order valence-corrected chi connectivity index (χ1v) is 12.3. The Labute approximate surface area is 192 Å². The monoisotopic (exact) mass is 429 g/mol. The lowest BCUT2D eigenvalue weighted by Crippen LogP contribution is -2.06. The van der Waals surface area contributed by atoms with Crippen LogP contribution in [-0.4, -0.2) is 10.2 Å². The molecule has 2 heterocycles. The number of rotatable bonds is 2. The second-order valence-electron chi connectivity index (χ2n) is 8.91. The summed E-state index contributed by atoms with van der Waals surface area (Å²) in [7, 11) is 0. The van der Waals surface area contributed by atoms with E-state index in [1.165, 1.54) is 54.9 Å². The number of H-pyrrole nitrogens is 1. The normalized spacial score (nSPS) is 20.7. The summed E-state index contributed by atoms with van der Waals surface area (Å²) in [6.45, 7) is 0. The lowest BCUT2D eigenvalue weighted by Gasteiger charge is -2.15. The zero-order valence-electron chi connectivity index (χ0n) is 17.7. The third-order valence-corrected chi connectivity index (χ3v) is 8.51. The second-order valence-corrected chi connectivity index (χ2v) is 10.1. The number of hydrogen-bond acceptors (Lipinski definition) is 1. The molecule has 0 amide bonds. The fraction of sp³-hybridized carbons (Fsp3) is 0.133. The number of benzene rings is 3. The minimum atomic E-state index is 0.521. The number of aromatic amines is 1. The lowest BCUT2D eigenvalue weighted by atomic mass is 9.88. The van der Waals surface area contributed by atoms with E-state index in [-0.39, 0.29) is 0 Å². The Morgan fingerprint density at radius 1 is 0.750 bits per heavy atom. The summed E-state index contributed by atoms with van der Waals surface area (Å²) in [6.07, 6.45) is 13.7. The molecule has 1 N–H and O–H groups in total. The number of allylic oxidation sites excluding steroid dienone is 4. The van der Waals surface area contributed by atoms with Gasteiger partial charge in [0, 0.05) is 32.7 Å². The van der Waals surface area contributed by atoms with Crippen LogP contribution in [0.4, 0.5) is 0 Å². The maximum absolute atomic E-state index is 3.74. The third-order valence-electron chi connectivity index (χ3n) is 7.11. The van der Waals surface area contributed by atoms with Gasteiger partial charge < -0.3 is 4.98 Å². The van der Waals surface area contributed by atoms with Crippen LogP contribution in [0.25, 0.3) is 33.7 Å². The van der Waals surface area contributed by atoms with Gasteiger partial charge >= 0.3 is 0 Å². The van der Waals surface area contributed by atoms with E-state index in [9.17, 15) is 0 Å². The predicted molar refractivity (Wildman–Crippen MR) is 137 cm³/mol. The van der Waals surface area contributed by atoms with Crippen LogP contribution in [0.1, 0.15) is 34.7 Å². The highest BCUT2D eigenvalue weighted by molar-refractivity contribution is 8.00. The summed E-state index contributed by atoms with van der Waals surface area (Å²) in [4.78, 5) is 5.23. The number of fused-ring (bicyclic) bond motifs is 7. The van der Waals surface area contributed by atoms with Crippen molar-refractivity contribution in [3.8, 4) is 11.1 Å². The van der Waals surface area contributed by atoms with Crippen LogP contribution in [0.2, 0.25) is 0 Å². The van der Waals surface area contributed by atoms with Crippen molar-refractivity contribution in [2.24, 2.45) is 0 Å². The highest BCUT2D eigenvalue weighted by Crippen LogP contribution is 2.52. The first kappa shape index (κ1) is 18.4. The van der Waals surface area contributed by atoms with Crippen molar-refractivity contribution in [1.82, 2.24) is 4.98 Å². The summed E-state index contributed by atoms with van der Waals surface area (Å²) in [5.41, 5.74) is 10.9. The molecule has 1 aromatic heterocycles. The highest BCUT2D eigenvalue weighted by atomic mass is 32.2.